The fraction of sp³-hybridized carbons (Fsp3) is 0.381. The number of carbonyl (C=O) groups excluding carboxylic acids is 1. The third-order valence-electron chi connectivity index (χ3n) is 4.72. The Balaban J connectivity index is 1.67. The molecule has 0 aromatic heterocycles. The smallest absolute Gasteiger partial charge is 0.251 e. The molecular weight excluding hydrogens is 363 g/mol. The number of amides is 1. The molecule has 1 aliphatic rings. The maximum absolute atomic E-state index is 13.3. The quantitative estimate of drug-likeness (QED) is 0.788. The second-order valence-electron chi connectivity index (χ2n) is 6.56. The van der Waals surface area contributed by atoms with Crippen LogP contribution in [0.15, 0.2) is 48.5 Å². The molecule has 0 radical (unpaired) electrons. The van der Waals surface area contributed by atoms with E-state index in [0.29, 0.717) is 25.3 Å². The molecule has 1 aliphatic heterocycles. The predicted octanol–water partition coefficient (Wildman–Crippen LogP) is 3.49. The summed E-state index contributed by atoms with van der Waals surface area (Å²) >= 11 is 1.75. The van der Waals surface area contributed by atoms with E-state index in [1.54, 1.807) is 23.9 Å². The monoisotopic (exact) mass is 388 g/mol. The summed E-state index contributed by atoms with van der Waals surface area (Å²) in [5.74, 6) is 0.589. The van der Waals surface area contributed by atoms with E-state index >= 15 is 0 Å². The Labute approximate surface area is 164 Å². The molecule has 1 saturated heterocycles. The highest BCUT2D eigenvalue weighted by Gasteiger charge is 2.23. The van der Waals surface area contributed by atoms with Crippen molar-refractivity contribution in [3.05, 3.63) is 71.0 Å². The molecule has 1 heterocycles. The first-order valence-electron chi connectivity index (χ1n) is 9.10. The predicted molar refractivity (Wildman–Crippen MR) is 108 cm³/mol. The highest BCUT2D eigenvalue weighted by Crippen LogP contribution is 2.22. The molecule has 1 fully saturated rings. The Morgan fingerprint density at radius 3 is 2.44 bits per heavy atom. The van der Waals surface area contributed by atoms with Gasteiger partial charge in [0.2, 0.25) is 0 Å². The zero-order valence-electron chi connectivity index (χ0n) is 15.5. The summed E-state index contributed by atoms with van der Waals surface area (Å²) in [7, 11) is 0. The summed E-state index contributed by atoms with van der Waals surface area (Å²) in [5, 5.41) is 3.04. The molecule has 0 saturated carbocycles. The first-order chi connectivity index (χ1) is 13.2. The SMILES string of the molecule is CSCc1ccc(C(=O)NCC(c2ccc(F)cc2)N2CCOCC2)cc1. The summed E-state index contributed by atoms with van der Waals surface area (Å²) in [4.78, 5) is 14.8. The standard InChI is InChI=1S/C21H25FN2O2S/c1-27-15-16-2-4-18(5-3-16)21(25)23-14-20(24-10-12-26-13-11-24)17-6-8-19(22)9-7-17/h2-9,20H,10-15H2,1H3,(H,23,25). The van der Waals surface area contributed by atoms with Crippen LogP contribution in [0.4, 0.5) is 4.39 Å². The second-order valence-corrected chi connectivity index (χ2v) is 7.42. The lowest BCUT2D eigenvalue weighted by atomic mass is 10.0. The molecule has 0 bridgehead atoms. The number of thioether (sulfide) groups is 1. The molecular formula is C21H25FN2O2S. The van der Waals surface area contributed by atoms with Gasteiger partial charge in [0.1, 0.15) is 5.82 Å². The summed E-state index contributed by atoms with van der Waals surface area (Å²) < 4.78 is 18.8. The number of rotatable bonds is 7. The van der Waals surface area contributed by atoms with Crippen LogP contribution in [0.3, 0.4) is 0 Å². The van der Waals surface area contributed by atoms with Gasteiger partial charge in [0.25, 0.3) is 5.91 Å². The van der Waals surface area contributed by atoms with Gasteiger partial charge in [0.15, 0.2) is 0 Å². The zero-order valence-corrected chi connectivity index (χ0v) is 16.3. The fourth-order valence-electron chi connectivity index (χ4n) is 3.24. The molecule has 144 valence electrons. The summed E-state index contributed by atoms with van der Waals surface area (Å²) in [6, 6.07) is 14.2. The van der Waals surface area contributed by atoms with Crippen molar-refractivity contribution in [1.82, 2.24) is 10.2 Å². The molecule has 2 aromatic carbocycles. The lowest BCUT2D eigenvalue weighted by Crippen LogP contribution is -2.43. The molecule has 4 nitrogen and oxygen atoms in total. The van der Waals surface area contributed by atoms with E-state index in [1.807, 2.05) is 24.3 Å². The number of hydrogen-bond donors (Lipinski definition) is 1. The van der Waals surface area contributed by atoms with Crippen molar-refractivity contribution in [2.75, 3.05) is 39.1 Å². The van der Waals surface area contributed by atoms with E-state index in [9.17, 15) is 9.18 Å². The van der Waals surface area contributed by atoms with Crippen LogP contribution < -0.4 is 5.32 Å². The summed E-state index contributed by atoms with van der Waals surface area (Å²) in [6.45, 7) is 3.39. The van der Waals surface area contributed by atoms with Gasteiger partial charge in [-0.05, 0) is 41.6 Å². The normalized spacial score (nSPS) is 16.1. The minimum atomic E-state index is -0.256. The first kappa shape index (κ1) is 19.9. The number of morpholine rings is 1. The van der Waals surface area contributed by atoms with Gasteiger partial charge in [0.05, 0.1) is 19.3 Å². The van der Waals surface area contributed by atoms with Crippen molar-refractivity contribution in [1.29, 1.82) is 0 Å². The number of nitrogens with zero attached hydrogens (tertiary/aromatic N) is 1. The van der Waals surface area contributed by atoms with Gasteiger partial charge in [-0.25, -0.2) is 4.39 Å². The van der Waals surface area contributed by atoms with E-state index in [2.05, 4.69) is 16.5 Å². The highest BCUT2D eigenvalue weighted by atomic mass is 32.2. The molecule has 0 spiro atoms. The number of hydrogen-bond acceptors (Lipinski definition) is 4. The van der Waals surface area contributed by atoms with Crippen LogP contribution in [-0.2, 0) is 10.5 Å². The Morgan fingerprint density at radius 1 is 1.15 bits per heavy atom. The van der Waals surface area contributed by atoms with E-state index in [-0.39, 0.29) is 17.8 Å². The number of nitrogens with one attached hydrogen (secondary N) is 1. The molecule has 1 unspecified atom stereocenters. The number of ether oxygens (including phenoxy) is 1. The number of halogens is 1. The molecule has 1 amide bonds. The number of benzene rings is 2. The Hall–Kier alpha value is -1.89. The largest absolute Gasteiger partial charge is 0.379 e. The van der Waals surface area contributed by atoms with Crippen molar-refractivity contribution in [2.24, 2.45) is 0 Å². The van der Waals surface area contributed by atoms with Gasteiger partial charge in [-0.3, -0.25) is 9.69 Å². The van der Waals surface area contributed by atoms with Gasteiger partial charge >= 0.3 is 0 Å². The third-order valence-corrected chi connectivity index (χ3v) is 5.35. The van der Waals surface area contributed by atoms with Gasteiger partial charge in [0, 0.05) is 31.0 Å². The minimum Gasteiger partial charge on any atom is -0.379 e. The highest BCUT2D eigenvalue weighted by molar-refractivity contribution is 7.97. The Bertz CT molecular complexity index is 731. The first-order valence-corrected chi connectivity index (χ1v) is 10.5. The summed E-state index contributed by atoms with van der Waals surface area (Å²) in [6.07, 6.45) is 2.06. The molecule has 3 rings (SSSR count). The van der Waals surface area contributed by atoms with Crippen LogP contribution in [-0.4, -0.2) is 49.9 Å². The maximum Gasteiger partial charge on any atom is 0.251 e. The third kappa shape index (κ3) is 5.54. The van der Waals surface area contributed by atoms with Crippen LogP contribution >= 0.6 is 11.8 Å². The topological polar surface area (TPSA) is 41.6 Å². The second kappa shape index (κ2) is 9.88. The van der Waals surface area contributed by atoms with Gasteiger partial charge in [-0.1, -0.05) is 24.3 Å². The fourth-order valence-corrected chi connectivity index (χ4v) is 3.77. The molecule has 27 heavy (non-hydrogen) atoms. The minimum absolute atomic E-state index is 0.00536. The Morgan fingerprint density at radius 2 is 1.81 bits per heavy atom. The van der Waals surface area contributed by atoms with Crippen molar-refractivity contribution < 1.29 is 13.9 Å². The molecule has 1 atom stereocenters. The van der Waals surface area contributed by atoms with Crippen LogP contribution in [0.1, 0.15) is 27.5 Å². The Kier molecular flexibility index (Phi) is 7.26. The average Bonchev–Trinajstić information content (AvgIpc) is 2.71. The van der Waals surface area contributed by atoms with E-state index < -0.39 is 0 Å². The van der Waals surface area contributed by atoms with Crippen molar-refractivity contribution in [2.45, 2.75) is 11.8 Å². The lowest BCUT2D eigenvalue weighted by molar-refractivity contribution is 0.0162. The number of carbonyl (C=O) groups is 1. The molecule has 1 N–H and O–H groups in total. The molecule has 2 aromatic rings. The van der Waals surface area contributed by atoms with Crippen LogP contribution in [0, 0.1) is 5.82 Å². The van der Waals surface area contributed by atoms with Crippen molar-refractivity contribution in [3.63, 3.8) is 0 Å². The van der Waals surface area contributed by atoms with Gasteiger partial charge in [-0.2, -0.15) is 11.8 Å². The maximum atomic E-state index is 13.3. The van der Waals surface area contributed by atoms with E-state index in [4.69, 9.17) is 4.74 Å². The molecule has 6 heteroatoms. The van der Waals surface area contributed by atoms with Crippen LogP contribution in [0.2, 0.25) is 0 Å². The van der Waals surface area contributed by atoms with Gasteiger partial charge < -0.3 is 10.1 Å². The molecule has 0 aliphatic carbocycles. The van der Waals surface area contributed by atoms with Crippen molar-refractivity contribution in [3.8, 4) is 0 Å². The zero-order chi connectivity index (χ0) is 19.1. The lowest BCUT2D eigenvalue weighted by Gasteiger charge is -2.35. The van der Waals surface area contributed by atoms with E-state index in [0.717, 1.165) is 24.4 Å². The van der Waals surface area contributed by atoms with Crippen LogP contribution in [0.5, 0.6) is 0 Å². The van der Waals surface area contributed by atoms with E-state index in [1.165, 1.54) is 17.7 Å². The van der Waals surface area contributed by atoms with Crippen molar-refractivity contribution >= 4 is 17.7 Å². The summed E-state index contributed by atoms with van der Waals surface area (Å²) in [5.41, 5.74) is 2.85. The average molecular weight is 389 g/mol. The van der Waals surface area contributed by atoms with Crippen LogP contribution in [0.25, 0.3) is 0 Å². The van der Waals surface area contributed by atoms with Gasteiger partial charge in [-0.15, -0.1) is 0 Å².